The maximum absolute atomic E-state index is 12.9. The molecule has 8 nitrogen and oxygen atoms in total. The van der Waals surface area contributed by atoms with E-state index in [1.54, 1.807) is 35.2 Å². The maximum atomic E-state index is 12.9. The molecule has 2 rings (SSSR count). The van der Waals surface area contributed by atoms with E-state index in [1.165, 1.54) is 10.4 Å². The summed E-state index contributed by atoms with van der Waals surface area (Å²) in [6.45, 7) is 8.18. The number of benzene rings is 1. The van der Waals surface area contributed by atoms with Gasteiger partial charge in [0.05, 0.1) is 12.3 Å². The van der Waals surface area contributed by atoms with Crippen molar-refractivity contribution >= 4 is 52.5 Å². The second-order valence-electron chi connectivity index (χ2n) is 9.95. The van der Waals surface area contributed by atoms with Crippen LogP contribution in [-0.2, 0) is 25.6 Å². The molecule has 0 saturated carbocycles. The van der Waals surface area contributed by atoms with Gasteiger partial charge in [0.2, 0.25) is 17.7 Å². The predicted molar refractivity (Wildman–Crippen MR) is 159 cm³/mol. The summed E-state index contributed by atoms with van der Waals surface area (Å²) in [4.78, 5) is 50.1. The number of thiophene rings is 1. The number of carboxylic acids is 1. The minimum atomic E-state index is -1.07. The lowest BCUT2D eigenvalue weighted by Crippen LogP contribution is -2.48. The van der Waals surface area contributed by atoms with Gasteiger partial charge in [-0.25, -0.2) is 0 Å². The number of carbonyl (C=O) groups excluding carboxylic acids is 3. The van der Waals surface area contributed by atoms with E-state index in [4.69, 9.17) is 5.11 Å². The van der Waals surface area contributed by atoms with Crippen molar-refractivity contribution < 1.29 is 24.3 Å². The zero-order valence-corrected chi connectivity index (χ0v) is 24.9. The van der Waals surface area contributed by atoms with Gasteiger partial charge in [-0.15, -0.1) is 23.1 Å². The van der Waals surface area contributed by atoms with E-state index in [-0.39, 0.29) is 35.8 Å². The first-order valence-electron chi connectivity index (χ1n) is 13.4. The summed E-state index contributed by atoms with van der Waals surface area (Å²) in [7, 11) is 0. The molecular weight excluding hydrogens is 534 g/mol. The molecule has 10 heteroatoms. The van der Waals surface area contributed by atoms with Crippen LogP contribution in [0.5, 0.6) is 0 Å². The largest absolute Gasteiger partial charge is 0.481 e. The molecule has 39 heavy (non-hydrogen) atoms. The molecule has 1 aromatic carbocycles. The molecule has 2 aromatic rings. The SMILES string of the molecule is CCCCC(C)(CC)SCC(=O)NCC(=O)N[C@@H](CCC(=O)O)C(=O)Nc1ccc(Cc2csc(C)c2)cc1. The van der Waals surface area contributed by atoms with Crippen molar-refractivity contribution in [1.82, 2.24) is 10.6 Å². The van der Waals surface area contributed by atoms with Gasteiger partial charge in [-0.2, -0.15) is 0 Å². The monoisotopic (exact) mass is 575 g/mol. The smallest absolute Gasteiger partial charge is 0.303 e. The lowest BCUT2D eigenvalue weighted by Gasteiger charge is -2.27. The molecule has 0 aliphatic heterocycles. The van der Waals surface area contributed by atoms with E-state index in [0.29, 0.717) is 5.69 Å². The number of rotatable bonds is 17. The molecule has 0 aliphatic carbocycles. The number of carboxylic acid groups (broad SMARTS) is 1. The van der Waals surface area contributed by atoms with Crippen LogP contribution >= 0.6 is 23.1 Å². The van der Waals surface area contributed by atoms with Crippen molar-refractivity contribution in [1.29, 1.82) is 0 Å². The standard InChI is InChI=1S/C29H41N3O5S2/c1-5-7-14-29(4,6-2)39-19-26(34)30-17-25(33)32-24(12-13-27(35)36)28(37)31-23-10-8-21(9-11-23)16-22-15-20(3)38-18-22/h8-11,15,18,24H,5-7,12-14,16-17,19H2,1-4H3,(H,30,34)(H,31,37)(H,32,33)(H,35,36)/t24-,29?/m0/s1. The van der Waals surface area contributed by atoms with E-state index >= 15 is 0 Å². The number of unbranched alkanes of at least 4 members (excludes halogenated alkanes) is 1. The fourth-order valence-corrected chi connectivity index (χ4v) is 5.70. The maximum Gasteiger partial charge on any atom is 0.303 e. The fourth-order valence-electron chi connectivity index (χ4n) is 3.91. The molecule has 4 N–H and O–H groups in total. The van der Waals surface area contributed by atoms with Crippen LogP contribution in [0.2, 0.25) is 0 Å². The first-order chi connectivity index (χ1) is 18.5. The highest BCUT2D eigenvalue weighted by molar-refractivity contribution is 8.01. The molecule has 0 fully saturated rings. The Hall–Kier alpha value is -2.85. The molecule has 0 spiro atoms. The van der Waals surface area contributed by atoms with Gasteiger partial charge in [0.15, 0.2) is 0 Å². The number of carbonyl (C=O) groups is 4. The third kappa shape index (κ3) is 12.3. The third-order valence-electron chi connectivity index (χ3n) is 6.52. The highest BCUT2D eigenvalue weighted by Gasteiger charge is 2.24. The second kappa shape index (κ2) is 16.3. The van der Waals surface area contributed by atoms with Crippen molar-refractivity contribution in [3.63, 3.8) is 0 Å². The molecule has 0 aliphatic rings. The van der Waals surface area contributed by atoms with Gasteiger partial charge in [-0.3, -0.25) is 19.2 Å². The summed E-state index contributed by atoms with van der Waals surface area (Å²) < 4.78 is 0.0107. The number of aliphatic carboxylic acids is 1. The molecule has 0 bridgehead atoms. The number of hydrogen-bond donors (Lipinski definition) is 4. The van der Waals surface area contributed by atoms with Gasteiger partial charge in [0, 0.05) is 21.7 Å². The Balaban J connectivity index is 1.88. The molecule has 0 saturated heterocycles. The van der Waals surface area contributed by atoms with Crippen LogP contribution in [0, 0.1) is 6.92 Å². The van der Waals surface area contributed by atoms with E-state index in [0.717, 1.165) is 37.7 Å². The number of nitrogens with one attached hydrogen (secondary N) is 3. The number of aryl methyl sites for hydroxylation is 1. The fraction of sp³-hybridized carbons (Fsp3) is 0.517. The van der Waals surface area contributed by atoms with Crippen molar-refractivity contribution in [2.45, 2.75) is 83.4 Å². The van der Waals surface area contributed by atoms with Crippen LogP contribution < -0.4 is 16.0 Å². The minimum absolute atomic E-state index is 0.0107. The van der Waals surface area contributed by atoms with E-state index in [2.05, 4.69) is 55.1 Å². The lowest BCUT2D eigenvalue weighted by atomic mass is 10.0. The summed E-state index contributed by atoms with van der Waals surface area (Å²) >= 11 is 3.29. The Labute approximate surface area is 239 Å². The number of anilines is 1. The molecule has 2 atom stereocenters. The van der Waals surface area contributed by atoms with Crippen molar-refractivity contribution in [3.05, 3.63) is 51.7 Å². The molecular formula is C29H41N3O5S2. The molecule has 1 aromatic heterocycles. The Kier molecular flexibility index (Phi) is 13.5. The summed E-state index contributed by atoms with van der Waals surface area (Å²) in [6.07, 6.45) is 4.60. The Morgan fingerprint density at radius 3 is 2.38 bits per heavy atom. The van der Waals surface area contributed by atoms with Crippen molar-refractivity contribution in [3.8, 4) is 0 Å². The van der Waals surface area contributed by atoms with E-state index in [9.17, 15) is 19.2 Å². The van der Waals surface area contributed by atoms with Gasteiger partial charge in [0.25, 0.3) is 0 Å². The van der Waals surface area contributed by atoms with Gasteiger partial charge < -0.3 is 21.1 Å². The molecule has 1 heterocycles. The lowest BCUT2D eigenvalue weighted by molar-refractivity contribution is -0.137. The second-order valence-corrected chi connectivity index (χ2v) is 12.6. The number of amides is 3. The van der Waals surface area contributed by atoms with Crippen LogP contribution in [0.25, 0.3) is 0 Å². The normalized spacial score (nSPS) is 13.2. The highest BCUT2D eigenvalue weighted by Crippen LogP contribution is 2.33. The van der Waals surface area contributed by atoms with Crippen molar-refractivity contribution in [2.75, 3.05) is 17.6 Å². The van der Waals surface area contributed by atoms with E-state index < -0.39 is 23.8 Å². The quantitative estimate of drug-likeness (QED) is 0.207. The average Bonchev–Trinajstić information content (AvgIpc) is 3.32. The molecule has 0 radical (unpaired) electrons. The Bertz CT molecular complexity index is 1100. The van der Waals surface area contributed by atoms with Crippen LogP contribution in [0.4, 0.5) is 5.69 Å². The molecule has 3 amide bonds. The number of hydrogen-bond acceptors (Lipinski definition) is 6. The third-order valence-corrected chi connectivity index (χ3v) is 9.02. The van der Waals surface area contributed by atoms with Gasteiger partial charge >= 0.3 is 5.97 Å². The van der Waals surface area contributed by atoms with Gasteiger partial charge in [0.1, 0.15) is 6.04 Å². The average molecular weight is 576 g/mol. The topological polar surface area (TPSA) is 125 Å². The first kappa shape index (κ1) is 32.4. The predicted octanol–water partition coefficient (Wildman–Crippen LogP) is 5.14. The Morgan fingerprint density at radius 1 is 1.08 bits per heavy atom. The van der Waals surface area contributed by atoms with Crippen LogP contribution in [-0.4, -0.2) is 51.9 Å². The molecule has 1 unspecified atom stereocenters. The first-order valence-corrected chi connectivity index (χ1v) is 15.3. The Morgan fingerprint density at radius 2 is 1.79 bits per heavy atom. The summed E-state index contributed by atoms with van der Waals surface area (Å²) in [6, 6.07) is 8.51. The minimum Gasteiger partial charge on any atom is -0.481 e. The van der Waals surface area contributed by atoms with Crippen LogP contribution in [0.15, 0.2) is 35.7 Å². The zero-order chi connectivity index (χ0) is 28.8. The van der Waals surface area contributed by atoms with Crippen LogP contribution in [0.3, 0.4) is 0 Å². The summed E-state index contributed by atoms with van der Waals surface area (Å²) in [5.74, 6) is -2.14. The van der Waals surface area contributed by atoms with Gasteiger partial charge in [-0.05, 0) is 67.3 Å². The van der Waals surface area contributed by atoms with Crippen molar-refractivity contribution in [2.24, 2.45) is 0 Å². The molecule has 214 valence electrons. The van der Waals surface area contributed by atoms with Crippen LogP contribution in [0.1, 0.15) is 75.3 Å². The zero-order valence-electron chi connectivity index (χ0n) is 23.3. The van der Waals surface area contributed by atoms with Gasteiger partial charge in [-0.1, -0.05) is 45.7 Å². The summed E-state index contributed by atoms with van der Waals surface area (Å²) in [5.41, 5.74) is 2.87. The summed E-state index contributed by atoms with van der Waals surface area (Å²) in [5, 5.41) is 19.1. The van der Waals surface area contributed by atoms with E-state index in [1.807, 2.05) is 12.1 Å². The highest BCUT2D eigenvalue weighted by atomic mass is 32.2. The number of thioether (sulfide) groups is 1.